The number of hydrogen-bond acceptors (Lipinski definition) is 6. The van der Waals surface area contributed by atoms with Gasteiger partial charge in [-0.3, -0.25) is 14.9 Å². The fourth-order valence-electron chi connectivity index (χ4n) is 2.88. The molecule has 1 aromatic heterocycles. The lowest BCUT2D eigenvalue weighted by atomic mass is 10.1. The topological polar surface area (TPSA) is 100 Å². The monoisotopic (exact) mass is 356 g/mol. The second-order valence-corrected chi connectivity index (χ2v) is 6.24. The Labute approximate surface area is 149 Å². The van der Waals surface area contributed by atoms with Crippen LogP contribution in [-0.2, 0) is 0 Å². The van der Waals surface area contributed by atoms with Gasteiger partial charge in [0.25, 0.3) is 5.69 Å². The van der Waals surface area contributed by atoms with Crippen LogP contribution in [-0.4, -0.2) is 49.1 Å². The maximum atomic E-state index is 13.1. The summed E-state index contributed by atoms with van der Waals surface area (Å²) in [6, 6.07) is 8.01. The number of anilines is 1. The van der Waals surface area contributed by atoms with E-state index in [1.807, 2.05) is 19.0 Å². The molecule has 26 heavy (non-hydrogen) atoms. The summed E-state index contributed by atoms with van der Waals surface area (Å²) < 4.78 is 5.19. The highest BCUT2D eigenvalue weighted by atomic mass is 16.6. The van der Waals surface area contributed by atoms with Crippen LogP contribution in [0.25, 0.3) is 21.8 Å². The standard InChI is InChI=1S/C18H20N4O4/c1-21(2)9-8-19-14-6-7-15(22(24)25)17-16(14)18(23)12-10-11(26-3)4-5-13(12)20-17/h4-7,10,19H,8-9H2,1-3H3,(H,20,23). The van der Waals surface area contributed by atoms with Crippen LogP contribution >= 0.6 is 0 Å². The number of non-ortho nitro benzene ring substituents is 1. The van der Waals surface area contributed by atoms with Crippen LogP contribution in [0.4, 0.5) is 11.4 Å². The van der Waals surface area contributed by atoms with Gasteiger partial charge in [0.2, 0.25) is 0 Å². The van der Waals surface area contributed by atoms with Crippen molar-refractivity contribution in [1.29, 1.82) is 0 Å². The van der Waals surface area contributed by atoms with E-state index in [-0.39, 0.29) is 22.0 Å². The van der Waals surface area contributed by atoms with E-state index in [9.17, 15) is 14.9 Å². The molecule has 3 aromatic rings. The number of H-pyrrole nitrogens is 1. The molecule has 2 N–H and O–H groups in total. The molecule has 0 unspecified atom stereocenters. The van der Waals surface area contributed by atoms with Crippen molar-refractivity contribution in [1.82, 2.24) is 9.88 Å². The van der Waals surface area contributed by atoms with E-state index in [1.54, 1.807) is 24.3 Å². The number of methoxy groups -OCH3 is 1. The van der Waals surface area contributed by atoms with E-state index < -0.39 is 4.92 Å². The van der Waals surface area contributed by atoms with Crippen molar-refractivity contribution in [3.63, 3.8) is 0 Å². The first-order chi connectivity index (χ1) is 12.4. The lowest BCUT2D eigenvalue weighted by Gasteiger charge is -2.13. The van der Waals surface area contributed by atoms with Crippen molar-refractivity contribution in [2.45, 2.75) is 0 Å². The summed E-state index contributed by atoms with van der Waals surface area (Å²) in [5.74, 6) is 0.551. The molecule has 0 spiro atoms. The van der Waals surface area contributed by atoms with Gasteiger partial charge in [-0.2, -0.15) is 0 Å². The number of ether oxygens (including phenoxy) is 1. The van der Waals surface area contributed by atoms with Crippen LogP contribution in [0.1, 0.15) is 0 Å². The van der Waals surface area contributed by atoms with Gasteiger partial charge in [-0.1, -0.05) is 0 Å². The molecule has 0 aliphatic heterocycles. The number of rotatable bonds is 6. The molecule has 0 bridgehead atoms. The minimum absolute atomic E-state index is 0.132. The first-order valence-corrected chi connectivity index (χ1v) is 8.12. The predicted octanol–water partition coefficient (Wildman–Crippen LogP) is 2.57. The lowest BCUT2D eigenvalue weighted by molar-refractivity contribution is -0.383. The van der Waals surface area contributed by atoms with Crippen LogP contribution in [0.3, 0.4) is 0 Å². The maximum Gasteiger partial charge on any atom is 0.293 e. The smallest absolute Gasteiger partial charge is 0.293 e. The zero-order valence-corrected chi connectivity index (χ0v) is 14.8. The Morgan fingerprint density at radius 1 is 1.27 bits per heavy atom. The molecule has 0 fully saturated rings. The highest BCUT2D eigenvalue weighted by Crippen LogP contribution is 2.30. The Balaban J connectivity index is 2.28. The maximum absolute atomic E-state index is 13.1. The molecule has 0 aliphatic rings. The molecule has 0 aliphatic carbocycles. The van der Waals surface area contributed by atoms with Crippen LogP contribution in [0.5, 0.6) is 5.75 Å². The molecule has 136 valence electrons. The third kappa shape index (κ3) is 3.18. The number of nitro groups is 1. The molecule has 0 amide bonds. The number of nitrogens with one attached hydrogen (secondary N) is 2. The average Bonchev–Trinajstić information content (AvgIpc) is 2.61. The van der Waals surface area contributed by atoms with Gasteiger partial charge in [0.15, 0.2) is 5.43 Å². The number of nitro benzene ring substituents is 1. The third-order valence-electron chi connectivity index (χ3n) is 4.21. The highest BCUT2D eigenvalue weighted by Gasteiger charge is 2.19. The van der Waals surface area contributed by atoms with E-state index in [0.717, 1.165) is 6.54 Å². The Hall–Kier alpha value is -3.13. The molecule has 8 nitrogen and oxygen atoms in total. The van der Waals surface area contributed by atoms with E-state index in [1.165, 1.54) is 13.2 Å². The molecule has 3 rings (SSSR count). The molecule has 2 aromatic carbocycles. The summed E-state index contributed by atoms with van der Waals surface area (Å²) in [6.07, 6.45) is 0. The fourth-order valence-corrected chi connectivity index (χ4v) is 2.88. The van der Waals surface area contributed by atoms with Crippen molar-refractivity contribution in [3.05, 3.63) is 50.7 Å². The number of aromatic nitrogens is 1. The SMILES string of the molecule is COc1ccc2[nH]c3c([N+](=O)[O-])ccc(NCCN(C)C)c3c(=O)c2c1. The van der Waals surface area contributed by atoms with E-state index in [4.69, 9.17) is 4.74 Å². The van der Waals surface area contributed by atoms with Gasteiger partial charge in [-0.25, -0.2) is 0 Å². The minimum Gasteiger partial charge on any atom is -0.497 e. The Morgan fingerprint density at radius 3 is 2.69 bits per heavy atom. The summed E-state index contributed by atoms with van der Waals surface area (Å²) in [7, 11) is 5.42. The van der Waals surface area contributed by atoms with Crippen LogP contribution in [0, 0.1) is 10.1 Å². The van der Waals surface area contributed by atoms with Crippen molar-refractivity contribution < 1.29 is 9.66 Å². The van der Waals surface area contributed by atoms with E-state index in [0.29, 0.717) is 28.9 Å². The van der Waals surface area contributed by atoms with E-state index >= 15 is 0 Å². The fraction of sp³-hybridized carbons (Fsp3) is 0.278. The van der Waals surface area contributed by atoms with Gasteiger partial charge in [0, 0.05) is 30.2 Å². The molecule has 8 heteroatoms. The Bertz CT molecular complexity index is 1040. The zero-order chi connectivity index (χ0) is 18.8. The number of nitrogens with zero attached hydrogens (tertiary/aromatic N) is 2. The largest absolute Gasteiger partial charge is 0.497 e. The number of pyridine rings is 1. The molecular formula is C18H20N4O4. The Morgan fingerprint density at radius 2 is 2.04 bits per heavy atom. The van der Waals surface area contributed by atoms with Crippen molar-refractivity contribution in [3.8, 4) is 5.75 Å². The van der Waals surface area contributed by atoms with Gasteiger partial charge in [0.05, 0.1) is 22.9 Å². The Kier molecular flexibility index (Phi) is 4.77. The first kappa shape index (κ1) is 17.7. The predicted molar refractivity (Wildman–Crippen MR) is 102 cm³/mol. The van der Waals surface area contributed by atoms with Gasteiger partial charge in [-0.05, 0) is 38.4 Å². The first-order valence-electron chi connectivity index (χ1n) is 8.12. The summed E-state index contributed by atoms with van der Waals surface area (Å²) in [6.45, 7) is 1.37. The summed E-state index contributed by atoms with van der Waals surface area (Å²) in [5, 5.41) is 15.3. The van der Waals surface area contributed by atoms with Crippen LogP contribution in [0.15, 0.2) is 35.1 Å². The number of likely N-dealkylation sites (N-methyl/N-ethyl adjacent to an activating group) is 1. The minimum atomic E-state index is -0.489. The highest BCUT2D eigenvalue weighted by molar-refractivity contribution is 6.03. The summed E-state index contributed by atoms with van der Waals surface area (Å²) in [5.41, 5.74) is 0.902. The van der Waals surface area contributed by atoms with E-state index in [2.05, 4.69) is 10.3 Å². The van der Waals surface area contributed by atoms with Crippen molar-refractivity contribution >= 4 is 33.2 Å². The number of hydrogen-bond donors (Lipinski definition) is 2. The molecule has 0 radical (unpaired) electrons. The summed E-state index contributed by atoms with van der Waals surface area (Å²) in [4.78, 5) is 29.1. The van der Waals surface area contributed by atoms with Crippen molar-refractivity contribution in [2.75, 3.05) is 39.6 Å². The molecule has 0 saturated carbocycles. The van der Waals surface area contributed by atoms with Gasteiger partial charge in [-0.15, -0.1) is 0 Å². The van der Waals surface area contributed by atoms with Gasteiger partial charge in [0.1, 0.15) is 11.3 Å². The molecular weight excluding hydrogens is 336 g/mol. The van der Waals surface area contributed by atoms with Crippen molar-refractivity contribution in [2.24, 2.45) is 0 Å². The van der Waals surface area contributed by atoms with Gasteiger partial charge >= 0.3 is 0 Å². The second kappa shape index (κ2) is 7.01. The summed E-state index contributed by atoms with van der Waals surface area (Å²) >= 11 is 0. The second-order valence-electron chi connectivity index (χ2n) is 6.24. The third-order valence-corrected chi connectivity index (χ3v) is 4.21. The number of fused-ring (bicyclic) bond motifs is 2. The number of benzene rings is 2. The normalized spacial score (nSPS) is 11.2. The van der Waals surface area contributed by atoms with Gasteiger partial charge < -0.3 is 19.9 Å². The zero-order valence-electron chi connectivity index (χ0n) is 14.8. The molecule has 0 atom stereocenters. The quantitative estimate of drug-likeness (QED) is 0.400. The van der Waals surface area contributed by atoms with Crippen LogP contribution < -0.4 is 15.5 Å². The lowest BCUT2D eigenvalue weighted by Crippen LogP contribution is -2.21. The number of aromatic amines is 1. The van der Waals surface area contributed by atoms with Crippen LogP contribution in [0.2, 0.25) is 0 Å². The molecule has 0 saturated heterocycles. The molecule has 1 heterocycles. The average molecular weight is 356 g/mol.